The van der Waals surface area contributed by atoms with Crippen molar-refractivity contribution in [2.45, 2.75) is 30.3 Å². The zero-order valence-electron chi connectivity index (χ0n) is 12.3. The molecule has 1 aliphatic rings. The first kappa shape index (κ1) is 16.7. The summed E-state index contributed by atoms with van der Waals surface area (Å²) in [5.41, 5.74) is 0.892. The fourth-order valence-electron chi connectivity index (χ4n) is 2.23. The Bertz CT molecular complexity index is 588. The molecule has 0 radical (unpaired) electrons. The molecule has 0 amide bonds. The largest absolute Gasteiger partial charge is 0.383 e. The van der Waals surface area contributed by atoms with Gasteiger partial charge in [0.25, 0.3) is 0 Å². The summed E-state index contributed by atoms with van der Waals surface area (Å²) in [5, 5.41) is 3.27. The van der Waals surface area contributed by atoms with Crippen molar-refractivity contribution in [3.63, 3.8) is 0 Å². The van der Waals surface area contributed by atoms with Crippen LogP contribution in [0.3, 0.4) is 0 Å². The lowest BCUT2D eigenvalue weighted by atomic mass is 10.2. The van der Waals surface area contributed by atoms with Gasteiger partial charge >= 0.3 is 0 Å². The molecule has 0 spiro atoms. The van der Waals surface area contributed by atoms with E-state index in [1.54, 1.807) is 19.2 Å². The monoisotopic (exact) mass is 332 g/mol. The molecule has 118 valence electrons. The Morgan fingerprint density at radius 2 is 2.14 bits per heavy atom. The highest BCUT2D eigenvalue weighted by Crippen LogP contribution is 2.34. The van der Waals surface area contributed by atoms with Gasteiger partial charge in [0.2, 0.25) is 10.0 Å². The fraction of sp³-hybridized carbons (Fsp3) is 0.571. The number of halogens is 1. The van der Waals surface area contributed by atoms with Crippen LogP contribution in [0.4, 0.5) is 0 Å². The minimum Gasteiger partial charge on any atom is -0.383 e. The maximum absolute atomic E-state index is 12.9. The van der Waals surface area contributed by atoms with E-state index >= 15 is 0 Å². The van der Waals surface area contributed by atoms with Crippen LogP contribution < -0.4 is 5.32 Å². The first-order valence-corrected chi connectivity index (χ1v) is 8.76. The van der Waals surface area contributed by atoms with Crippen LogP contribution in [-0.4, -0.2) is 46.1 Å². The van der Waals surface area contributed by atoms with E-state index in [1.165, 1.54) is 4.31 Å². The summed E-state index contributed by atoms with van der Waals surface area (Å²) in [4.78, 5) is 0.180. The van der Waals surface area contributed by atoms with Gasteiger partial charge in [-0.2, -0.15) is 4.31 Å². The van der Waals surface area contributed by atoms with Gasteiger partial charge in [-0.15, -0.1) is 0 Å². The molecule has 0 atom stereocenters. The number of methoxy groups -OCH3 is 1. The van der Waals surface area contributed by atoms with E-state index in [1.807, 2.05) is 13.1 Å². The van der Waals surface area contributed by atoms with Gasteiger partial charge in [-0.05, 0) is 37.6 Å². The Balaban J connectivity index is 2.34. The molecule has 1 aromatic rings. The van der Waals surface area contributed by atoms with Crippen molar-refractivity contribution >= 4 is 21.6 Å². The molecule has 1 N–H and O–H groups in total. The normalized spacial score (nSPS) is 15.6. The van der Waals surface area contributed by atoms with Crippen LogP contribution in [0.5, 0.6) is 0 Å². The highest BCUT2D eigenvalue weighted by atomic mass is 35.5. The summed E-state index contributed by atoms with van der Waals surface area (Å²) in [6.45, 7) is 1.33. The van der Waals surface area contributed by atoms with Crippen molar-refractivity contribution in [1.29, 1.82) is 0 Å². The maximum Gasteiger partial charge on any atom is 0.244 e. The fourth-order valence-corrected chi connectivity index (χ4v) is 4.42. The lowest BCUT2D eigenvalue weighted by Crippen LogP contribution is -2.36. The average Bonchev–Trinajstić information content (AvgIpc) is 3.26. The molecule has 0 bridgehead atoms. The highest BCUT2D eigenvalue weighted by molar-refractivity contribution is 7.89. The van der Waals surface area contributed by atoms with Gasteiger partial charge in [-0.25, -0.2) is 8.42 Å². The van der Waals surface area contributed by atoms with Crippen LogP contribution in [0, 0.1) is 0 Å². The van der Waals surface area contributed by atoms with Crippen LogP contribution >= 0.6 is 11.6 Å². The molecule has 1 aliphatic carbocycles. The molecule has 0 aliphatic heterocycles. The summed E-state index contributed by atoms with van der Waals surface area (Å²) in [6.07, 6.45) is 1.80. The Kier molecular flexibility index (Phi) is 5.62. The average molecular weight is 333 g/mol. The molecule has 7 heteroatoms. The number of hydrogen-bond acceptors (Lipinski definition) is 4. The SMILES string of the molecule is CNCc1ccc(Cl)c(S(=O)(=O)N(CCOC)C2CC2)c1. The Hall–Kier alpha value is -0.660. The van der Waals surface area contributed by atoms with Gasteiger partial charge in [0, 0.05) is 26.2 Å². The number of rotatable bonds is 8. The molecule has 0 aromatic heterocycles. The second-order valence-corrected chi connectivity index (χ2v) is 7.40. The Labute approximate surface area is 131 Å². The van der Waals surface area contributed by atoms with Crippen LogP contribution in [0.25, 0.3) is 0 Å². The van der Waals surface area contributed by atoms with Crippen LogP contribution in [-0.2, 0) is 21.3 Å². The minimum absolute atomic E-state index is 0.0779. The van der Waals surface area contributed by atoms with E-state index in [9.17, 15) is 8.42 Å². The van der Waals surface area contributed by atoms with Gasteiger partial charge in [0.1, 0.15) is 4.90 Å². The summed E-state index contributed by atoms with van der Waals surface area (Å²) in [7, 11) is -0.203. The molecule has 0 heterocycles. The molecule has 1 aromatic carbocycles. The predicted octanol–water partition coefficient (Wildman–Crippen LogP) is 1.86. The van der Waals surface area contributed by atoms with Gasteiger partial charge in [-0.3, -0.25) is 0 Å². The number of nitrogens with zero attached hydrogens (tertiary/aromatic N) is 1. The smallest absolute Gasteiger partial charge is 0.244 e. The third-order valence-electron chi connectivity index (χ3n) is 3.43. The molecular formula is C14H21ClN2O3S. The van der Waals surface area contributed by atoms with E-state index in [2.05, 4.69) is 5.32 Å². The first-order chi connectivity index (χ1) is 10.0. The van der Waals surface area contributed by atoms with Crippen LogP contribution in [0.15, 0.2) is 23.1 Å². The van der Waals surface area contributed by atoms with Gasteiger partial charge in [0.05, 0.1) is 11.6 Å². The van der Waals surface area contributed by atoms with Crippen molar-refractivity contribution in [1.82, 2.24) is 9.62 Å². The Morgan fingerprint density at radius 1 is 1.43 bits per heavy atom. The number of hydrogen-bond donors (Lipinski definition) is 1. The molecular weight excluding hydrogens is 312 g/mol. The lowest BCUT2D eigenvalue weighted by molar-refractivity contribution is 0.177. The third-order valence-corrected chi connectivity index (χ3v) is 5.87. The van der Waals surface area contributed by atoms with Crippen molar-refractivity contribution in [3.05, 3.63) is 28.8 Å². The van der Waals surface area contributed by atoms with E-state index in [-0.39, 0.29) is 16.0 Å². The summed E-state index contributed by atoms with van der Waals surface area (Å²) >= 11 is 6.13. The number of benzene rings is 1. The standard InChI is InChI=1S/C14H21ClN2O3S/c1-16-10-11-3-6-13(15)14(9-11)21(18,19)17(7-8-20-2)12-4-5-12/h3,6,9,12,16H,4-5,7-8,10H2,1-2H3. The molecule has 0 saturated heterocycles. The summed E-state index contributed by atoms with van der Waals surface area (Å²) < 4.78 is 32.3. The molecule has 2 rings (SSSR count). The topological polar surface area (TPSA) is 58.6 Å². The van der Waals surface area contributed by atoms with E-state index in [0.29, 0.717) is 19.7 Å². The second kappa shape index (κ2) is 7.07. The third kappa shape index (κ3) is 3.96. The van der Waals surface area contributed by atoms with Crippen molar-refractivity contribution in [3.8, 4) is 0 Å². The van der Waals surface area contributed by atoms with Crippen LogP contribution in [0.2, 0.25) is 5.02 Å². The van der Waals surface area contributed by atoms with Gasteiger partial charge < -0.3 is 10.1 Å². The van der Waals surface area contributed by atoms with E-state index < -0.39 is 10.0 Å². The molecule has 21 heavy (non-hydrogen) atoms. The predicted molar refractivity (Wildman–Crippen MR) is 83.0 cm³/mol. The highest BCUT2D eigenvalue weighted by Gasteiger charge is 2.38. The second-order valence-electron chi connectivity index (χ2n) is 5.13. The molecule has 1 fully saturated rings. The molecule has 1 saturated carbocycles. The molecule has 0 unspecified atom stereocenters. The first-order valence-electron chi connectivity index (χ1n) is 6.94. The van der Waals surface area contributed by atoms with Gasteiger partial charge in [0.15, 0.2) is 0 Å². The zero-order chi connectivity index (χ0) is 15.5. The quantitative estimate of drug-likeness (QED) is 0.789. The van der Waals surface area contributed by atoms with Gasteiger partial charge in [-0.1, -0.05) is 17.7 Å². The Morgan fingerprint density at radius 3 is 2.71 bits per heavy atom. The lowest BCUT2D eigenvalue weighted by Gasteiger charge is -2.22. The molecule has 5 nitrogen and oxygen atoms in total. The van der Waals surface area contributed by atoms with E-state index in [0.717, 1.165) is 18.4 Å². The number of sulfonamides is 1. The van der Waals surface area contributed by atoms with E-state index in [4.69, 9.17) is 16.3 Å². The summed E-state index contributed by atoms with van der Waals surface area (Å²) in [6, 6.07) is 5.20. The zero-order valence-corrected chi connectivity index (χ0v) is 13.9. The van der Waals surface area contributed by atoms with Crippen LogP contribution in [0.1, 0.15) is 18.4 Å². The summed E-state index contributed by atoms with van der Waals surface area (Å²) in [5.74, 6) is 0. The minimum atomic E-state index is -3.59. The number of ether oxygens (including phenoxy) is 1. The number of nitrogens with one attached hydrogen (secondary N) is 1. The van der Waals surface area contributed by atoms with Crippen molar-refractivity contribution in [2.75, 3.05) is 27.3 Å². The van der Waals surface area contributed by atoms with Crippen molar-refractivity contribution < 1.29 is 13.2 Å². The van der Waals surface area contributed by atoms with Crippen molar-refractivity contribution in [2.24, 2.45) is 0 Å². The maximum atomic E-state index is 12.9.